The summed E-state index contributed by atoms with van der Waals surface area (Å²) in [6, 6.07) is 14.1. The lowest BCUT2D eigenvalue weighted by Crippen LogP contribution is -2.46. The van der Waals surface area contributed by atoms with Crippen LogP contribution in [0.15, 0.2) is 54.6 Å². The van der Waals surface area contributed by atoms with E-state index in [9.17, 15) is 18.3 Å². The fraction of sp³-hybridized carbons (Fsp3) is 0.208. The smallest absolute Gasteiger partial charge is 0.422 e. The number of benzene rings is 3. The molecule has 0 amide bonds. The standard InChI is InChI=1S/C24H16Cl2F3NO4/c1-13(23(31,24(27,28)29)15-3-7-21-22(8-15)33-12-32-21)18-6-5-17(10-20(18)26)34-16-4-2-14(11-30)19(25)9-16/h2-10,13,31H,12H2,1H3. The summed E-state index contributed by atoms with van der Waals surface area (Å²) in [7, 11) is 0. The number of hydrogen-bond acceptors (Lipinski definition) is 5. The van der Waals surface area contributed by atoms with Gasteiger partial charge < -0.3 is 19.3 Å². The van der Waals surface area contributed by atoms with Crippen LogP contribution >= 0.6 is 23.2 Å². The molecule has 0 radical (unpaired) electrons. The Morgan fingerprint density at radius 2 is 1.62 bits per heavy atom. The number of rotatable bonds is 5. The van der Waals surface area contributed by atoms with Crippen molar-refractivity contribution in [3.8, 4) is 29.1 Å². The van der Waals surface area contributed by atoms with Gasteiger partial charge in [-0.15, -0.1) is 0 Å². The predicted octanol–water partition coefficient (Wildman–Crippen LogP) is 6.94. The van der Waals surface area contributed by atoms with E-state index >= 15 is 0 Å². The summed E-state index contributed by atoms with van der Waals surface area (Å²) in [6.07, 6.45) is -5.03. The molecule has 0 aromatic heterocycles. The third kappa shape index (κ3) is 4.23. The van der Waals surface area contributed by atoms with Gasteiger partial charge in [-0.3, -0.25) is 0 Å². The maximum atomic E-state index is 14.3. The molecule has 0 spiro atoms. The second kappa shape index (κ2) is 8.91. The van der Waals surface area contributed by atoms with Gasteiger partial charge in [0, 0.05) is 17.0 Å². The number of nitriles is 1. The van der Waals surface area contributed by atoms with E-state index in [1.54, 1.807) is 0 Å². The van der Waals surface area contributed by atoms with Crippen molar-refractivity contribution < 1.29 is 32.5 Å². The van der Waals surface area contributed by atoms with Gasteiger partial charge in [-0.1, -0.05) is 42.3 Å². The van der Waals surface area contributed by atoms with Crippen molar-refractivity contribution in [3.05, 3.63) is 81.3 Å². The monoisotopic (exact) mass is 509 g/mol. The Morgan fingerprint density at radius 3 is 2.24 bits per heavy atom. The number of hydrogen-bond donors (Lipinski definition) is 1. The van der Waals surface area contributed by atoms with Crippen LogP contribution in [0.1, 0.15) is 29.5 Å². The maximum absolute atomic E-state index is 14.3. The average Bonchev–Trinajstić information content (AvgIpc) is 3.25. The molecule has 5 nitrogen and oxygen atoms in total. The summed E-state index contributed by atoms with van der Waals surface area (Å²) in [5.74, 6) is -0.529. The molecule has 0 fully saturated rings. The zero-order valence-electron chi connectivity index (χ0n) is 17.5. The first-order chi connectivity index (χ1) is 16.0. The van der Waals surface area contributed by atoms with E-state index in [0.717, 1.165) is 12.1 Å². The van der Waals surface area contributed by atoms with Crippen LogP contribution < -0.4 is 14.2 Å². The number of aliphatic hydroxyl groups is 1. The quantitative estimate of drug-likeness (QED) is 0.403. The molecule has 176 valence electrons. The Hall–Kier alpha value is -3.12. The minimum absolute atomic E-state index is 0.0341. The largest absolute Gasteiger partial charge is 0.457 e. The molecule has 0 saturated heterocycles. The number of nitrogens with zero attached hydrogens (tertiary/aromatic N) is 1. The predicted molar refractivity (Wildman–Crippen MR) is 119 cm³/mol. The van der Waals surface area contributed by atoms with Crippen molar-refractivity contribution in [2.45, 2.75) is 24.6 Å². The lowest BCUT2D eigenvalue weighted by molar-refractivity contribution is -0.274. The molecule has 1 heterocycles. The molecular formula is C24H16Cl2F3NO4. The van der Waals surface area contributed by atoms with E-state index in [1.807, 2.05) is 6.07 Å². The summed E-state index contributed by atoms with van der Waals surface area (Å²) in [5, 5.41) is 20.1. The second-order valence-electron chi connectivity index (χ2n) is 7.59. The zero-order chi connectivity index (χ0) is 24.7. The molecule has 1 aliphatic rings. The number of alkyl halides is 3. The molecule has 2 unspecified atom stereocenters. The molecule has 0 bridgehead atoms. The van der Waals surface area contributed by atoms with Gasteiger partial charge in [0.25, 0.3) is 0 Å². The summed E-state index contributed by atoms with van der Waals surface area (Å²) >= 11 is 12.3. The van der Waals surface area contributed by atoms with Crippen molar-refractivity contribution >= 4 is 23.2 Å². The molecular weight excluding hydrogens is 494 g/mol. The van der Waals surface area contributed by atoms with E-state index in [4.69, 9.17) is 42.7 Å². The molecule has 1 aliphatic heterocycles. The van der Waals surface area contributed by atoms with Gasteiger partial charge in [0.2, 0.25) is 6.79 Å². The van der Waals surface area contributed by atoms with Gasteiger partial charge in [0.1, 0.15) is 17.6 Å². The van der Waals surface area contributed by atoms with Gasteiger partial charge in [0.15, 0.2) is 17.1 Å². The summed E-state index contributed by atoms with van der Waals surface area (Å²) in [4.78, 5) is 0. The molecule has 3 aromatic rings. The fourth-order valence-electron chi connectivity index (χ4n) is 3.73. The highest BCUT2D eigenvalue weighted by Crippen LogP contribution is 2.51. The highest BCUT2D eigenvalue weighted by molar-refractivity contribution is 6.32. The topological polar surface area (TPSA) is 71.7 Å². The Balaban J connectivity index is 1.67. The molecule has 0 aliphatic carbocycles. The lowest BCUT2D eigenvalue weighted by atomic mass is 9.77. The minimum Gasteiger partial charge on any atom is -0.457 e. The number of halogens is 5. The van der Waals surface area contributed by atoms with E-state index in [2.05, 4.69) is 0 Å². The first-order valence-corrected chi connectivity index (χ1v) is 10.7. The summed E-state index contributed by atoms with van der Waals surface area (Å²) in [6.45, 7) is 1.12. The van der Waals surface area contributed by atoms with Crippen LogP contribution in [0.25, 0.3) is 0 Å². The third-order valence-corrected chi connectivity index (χ3v) is 6.25. The van der Waals surface area contributed by atoms with Crippen LogP contribution in [0.2, 0.25) is 10.0 Å². The lowest BCUT2D eigenvalue weighted by Gasteiger charge is -2.37. The van der Waals surface area contributed by atoms with E-state index in [-0.39, 0.29) is 39.5 Å². The molecule has 10 heteroatoms. The highest BCUT2D eigenvalue weighted by Gasteiger charge is 2.59. The van der Waals surface area contributed by atoms with Crippen molar-refractivity contribution in [2.24, 2.45) is 0 Å². The number of ether oxygens (including phenoxy) is 3. The Bertz CT molecular complexity index is 1290. The van der Waals surface area contributed by atoms with Gasteiger partial charge in [-0.2, -0.15) is 18.4 Å². The van der Waals surface area contributed by atoms with Crippen LogP contribution in [0.5, 0.6) is 23.0 Å². The average molecular weight is 510 g/mol. The Kier molecular flexibility index (Phi) is 6.30. The molecule has 34 heavy (non-hydrogen) atoms. The summed E-state index contributed by atoms with van der Waals surface area (Å²) in [5.41, 5.74) is -3.34. The molecule has 2 atom stereocenters. The van der Waals surface area contributed by atoms with Crippen LogP contribution in [0.3, 0.4) is 0 Å². The Labute approximate surface area is 202 Å². The van der Waals surface area contributed by atoms with E-state index in [1.165, 1.54) is 49.4 Å². The first kappa shape index (κ1) is 24.0. The van der Waals surface area contributed by atoms with Gasteiger partial charge in [-0.25, -0.2) is 0 Å². The van der Waals surface area contributed by atoms with Crippen molar-refractivity contribution in [1.29, 1.82) is 5.26 Å². The fourth-order valence-corrected chi connectivity index (χ4v) is 4.27. The maximum Gasteiger partial charge on any atom is 0.422 e. The highest BCUT2D eigenvalue weighted by atomic mass is 35.5. The first-order valence-electron chi connectivity index (χ1n) is 9.90. The number of fused-ring (bicyclic) bond motifs is 1. The van der Waals surface area contributed by atoms with E-state index in [0.29, 0.717) is 11.5 Å². The molecule has 3 aromatic carbocycles. The normalized spacial score (nSPS) is 15.4. The van der Waals surface area contributed by atoms with Crippen LogP contribution in [0, 0.1) is 11.3 Å². The van der Waals surface area contributed by atoms with E-state index < -0.39 is 23.3 Å². The van der Waals surface area contributed by atoms with Gasteiger partial charge >= 0.3 is 6.18 Å². The molecule has 4 rings (SSSR count). The van der Waals surface area contributed by atoms with Crippen molar-refractivity contribution in [2.75, 3.05) is 6.79 Å². The van der Waals surface area contributed by atoms with Crippen LogP contribution in [-0.4, -0.2) is 18.1 Å². The third-order valence-electron chi connectivity index (χ3n) is 5.61. The van der Waals surface area contributed by atoms with Crippen LogP contribution in [0.4, 0.5) is 13.2 Å². The second-order valence-corrected chi connectivity index (χ2v) is 8.41. The van der Waals surface area contributed by atoms with Gasteiger partial charge in [-0.05, 0) is 47.5 Å². The SMILES string of the molecule is CC(c1ccc(Oc2ccc(C#N)c(Cl)c2)cc1Cl)C(O)(c1ccc2c(c1)OCO2)C(F)(F)F. The molecule has 1 N–H and O–H groups in total. The van der Waals surface area contributed by atoms with Crippen molar-refractivity contribution in [1.82, 2.24) is 0 Å². The van der Waals surface area contributed by atoms with Gasteiger partial charge in [0.05, 0.1) is 10.6 Å². The Morgan fingerprint density at radius 1 is 0.971 bits per heavy atom. The van der Waals surface area contributed by atoms with Crippen LogP contribution in [-0.2, 0) is 5.60 Å². The van der Waals surface area contributed by atoms with Crippen molar-refractivity contribution in [3.63, 3.8) is 0 Å². The zero-order valence-corrected chi connectivity index (χ0v) is 19.0. The summed E-state index contributed by atoms with van der Waals surface area (Å²) < 4.78 is 58.8. The molecule has 0 saturated carbocycles. The minimum atomic E-state index is -5.03.